The molecule has 0 aromatic carbocycles. The highest BCUT2D eigenvalue weighted by Crippen LogP contribution is 2.35. The first-order chi connectivity index (χ1) is 15.7. The van der Waals surface area contributed by atoms with E-state index in [-0.39, 0.29) is 17.3 Å². The van der Waals surface area contributed by atoms with Gasteiger partial charge in [-0.2, -0.15) is 0 Å². The van der Waals surface area contributed by atoms with E-state index in [2.05, 4.69) is 25.3 Å². The molecule has 5 heterocycles. The summed E-state index contributed by atoms with van der Waals surface area (Å²) in [7, 11) is 0. The minimum Gasteiger partial charge on any atom is -0.390 e. The number of piperidine rings is 1. The number of carbonyl (C=O) groups is 1. The number of nitrogens with zero attached hydrogens (tertiary/aromatic N) is 6. The second-order valence-corrected chi connectivity index (χ2v) is 9.15. The zero-order valence-corrected chi connectivity index (χ0v) is 19.1. The molecule has 11 heteroatoms. The number of anilines is 2. The van der Waals surface area contributed by atoms with Gasteiger partial charge in [0.05, 0.1) is 28.4 Å². The summed E-state index contributed by atoms with van der Waals surface area (Å²) in [5.74, 6) is 0.629. The van der Waals surface area contributed by atoms with E-state index in [9.17, 15) is 9.90 Å². The Balaban J connectivity index is 1.52. The van der Waals surface area contributed by atoms with Crippen LogP contribution in [-0.4, -0.2) is 53.7 Å². The zero-order chi connectivity index (χ0) is 23.3. The number of imidazole rings is 1. The van der Waals surface area contributed by atoms with Crippen molar-refractivity contribution in [1.29, 1.82) is 0 Å². The molecule has 5 rings (SSSR count). The fourth-order valence-corrected chi connectivity index (χ4v) is 4.63. The van der Waals surface area contributed by atoms with Crippen LogP contribution >= 0.6 is 11.6 Å². The monoisotopic (exact) mass is 468 g/mol. The van der Waals surface area contributed by atoms with Gasteiger partial charge in [-0.05, 0) is 38.8 Å². The molecule has 0 spiro atoms. The Labute approximate surface area is 195 Å². The molecule has 1 amide bonds. The molecule has 1 aliphatic rings. The van der Waals surface area contributed by atoms with Crippen LogP contribution < -0.4 is 16.0 Å². The highest BCUT2D eigenvalue weighted by molar-refractivity contribution is 6.34. The second kappa shape index (κ2) is 7.89. The van der Waals surface area contributed by atoms with Crippen molar-refractivity contribution in [2.75, 3.05) is 23.7 Å². The number of carbonyl (C=O) groups excluding carboxylic acids is 1. The van der Waals surface area contributed by atoms with Crippen molar-refractivity contribution in [1.82, 2.24) is 29.3 Å². The Kier molecular flexibility index (Phi) is 5.13. The maximum absolute atomic E-state index is 13.2. The molecule has 33 heavy (non-hydrogen) atoms. The maximum atomic E-state index is 13.2. The van der Waals surface area contributed by atoms with Crippen molar-refractivity contribution >= 4 is 40.3 Å². The average Bonchev–Trinajstić information content (AvgIpc) is 3.38. The van der Waals surface area contributed by atoms with E-state index in [1.54, 1.807) is 31.0 Å². The van der Waals surface area contributed by atoms with E-state index < -0.39 is 11.6 Å². The van der Waals surface area contributed by atoms with Crippen LogP contribution in [0.15, 0.2) is 37.1 Å². The van der Waals surface area contributed by atoms with Crippen LogP contribution in [0.2, 0.25) is 5.02 Å². The van der Waals surface area contributed by atoms with Crippen LogP contribution in [0.25, 0.3) is 11.2 Å². The van der Waals surface area contributed by atoms with Crippen LogP contribution in [0.3, 0.4) is 0 Å². The Bertz CT molecular complexity index is 1350. The van der Waals surface area contributed by atoms with Gasteiger partial charge in [-0.25, -0.2) is 14.5 Å². The number of hydrogen-bond donors (Lipinski definition) is 3. The lowest BCUT2D eigenvalue weighted by Crippen LogP contribution is -2.43. The quantitative estimate of drug-likeness (QED) is 0.420. The molecule has 1 aliphatic heterocycles. The van der Waals surface area contributed by atoms with Gasteiger partial charge in [-0.3, -0.25) is 9.20 Å². The standard InChI is InChI=1S/C22H25ClN8O2/c1-13(27-20(32)17-18(24)28-31-7-3-6-26-19(17)31)14-10-15(23)16-11-25-12-30(16)21(14)29-8-4-22(2,33)5-9-29/h3,6-7,10-13,33H,4-5,8-9H2,1-2H3,(H2,24,28)(H,27,32). The van der Waals surface area contributed by atoms with Crippen LogP contribution in [0.4, 0.5) is 11.6 Å². The van der Waals surface area contributed by atoms with Crippen molar-refractivity contribution in [3.8, 4) is 0 Å². The topological polar surface area (TPSA) is 126 Å². The third-order valence-corrected chi connectivity index (χ3v) is 6.56. The minimum absolute atomic E-state index is 0.111. The summed E-state index contributed by atoms with van der Waals surface area (Å²) in [6.07, 6.45) is 7.98. The number of halogens is 1. The first-order valence-corrected chi connectivity index (χ1v) is 11.1. The molecule has 0 aliphatic carbocycles. The Hall–Kier alpha value is -3.37. The normalized spacial score (nSPS) is 16.9. The lowest BCUT2D eigenvalue weighted by atomic mass is 9.93. The second-order valence-electron chi connectivity index (χ2n) is 8.75. The van der Waals surface area contributed by atoms with Gasteiger partial charge in [-0.15, -0.1) is 5.10 Å². The van der Waals surface area contributed by atoms with Crippen molar-refractivity contribution in [3.63, 3.8) is 0 Å². The van der Waals surface area contributed by atoms with E-state index in [0.29, 0.717) is 36.6 Å². The van der Waals surface area contributed by atoms with Gasteiger partial charge >= 0.3 is 0 Å². The lowest BCUT2D eigenvalue weighted by Gasteiger charge is -2.38. The molecule has 0 bridgehead atoms. The summed E-state index contributed by atoms with van der Waals surface area (Å²) >= 11 is 6.57. The van der Waals surface area contributed by atoms with E-state index in [1.165, 1.54) is 4.52 Å². The number of pyridine rings is 1. The molecule has 0 saturated carbocycles. The Morgan fingerprint density at radius 2 is 2.12 bits per heavy atom. The largest absolute Gasteiger partial charge is 0.390 e. The number of hydrogen-bond acceptors (Lipinski definition) is 7. The summed E-state index contributed by atoms with van der Waals surface area (Å²) in [5, 5.41) is 18.2. The summed E-state index contributed by atoms with van der Waals surface area (Å²) < 4.78 is 3.42. The molecule has 1 unspecified atom stereocenters. The Morgan fingerprint density at radius 3 is 2.88 bits per heavy atom. The molecular formula is C22H25ClN8O2. The van der Waals surface area contributed by atoms with Gasteiger partial charge in [0.15, 0.2) is 11.5 Å². The van der Waals surface area contributed by atoms with Crippen LogP contribution in [-0.2, 0) is 0 Å². The molecule has 1 saturated heterocycles. The molecule has 1 atom stereocenters. The fourth-order valence-electron chi connectivity index (χ4n) is 4.38. The number of amides is 1. The van der Waals surface area contributed by atoms with Crippen LogP contribution in [0, 0.1) is 0 Å². The number of nitrogens with one attached hydrogen (secondary N) is 1. The minimum atomic E-state index is -0.689. The summed E-state index contributed by atoms with van der Waals surface area (Å²) in [5.41, 5.74) is 7.57. The highest BCUT2D eigenvalue weighted by Gasteiger charge is 2.31. The number of aromatic nitrogens is 5. The van der Waals surface area contributed by atoms with E-state index in [4.69, 9.17) is 17.3 Å². The van der Waals surface area contributed by atoms with Crippen molar-refractivity contribution in [2.45, 2.75) is 38.3 Å². The number of nitrogen functional groups attached to an aromatic ring is 1. The Morgan fingerprint density at radius 1 is 1.36 bits per heavy atom. The van der Waals surface area contributed by atoms with Crippen LogP contribution in [0.1, 0.15) is 48.7 Å². The number of rotatable bonds is 4. The smallest absolute Gasteiger partial charge is 0.259 e. The molecule has 1 fully saturated rings. The van der Waals surface area contributed by atoms with E-state index in [1.807, 2.05) is 24.3 Å². The maximum Gasteiger partial charge on any atom is 0.259 e. The van der Waals surface area contributed by atoms with Gasteiger partial charge in [0.2, 0.25) is 0 Å². The third-order valence-electron chi connectivity index (χ3n) is 6.26. The number of fused-ring (bicyclic) bond motifs is 2. The first kappa shape index (κ1) is 21.5. The van der Waals surface area contributed by atoms with Crippen LogP contribution in [0.5, 0.6) is 0 Å². The third kappa shape index (κ3) is 3.75. The van der Waals surface area contributed by atoms with E-state index >= 15 is 0 Å². The molecule has 172 valence electrons. The molecule has 0 radical (unpaired) electrons. The molecule has 4 N–H and O–H groups in total. The molecular weight excluding hydrogens is 444 g/mol. The van der Waals surface area contributed by atoms with E-state index in [0.717, 1.165) is 16.9 Å². The number of nitrogens with two attached hydrogens (primary N) is 1. The van der Waals surface area contributed by atoms with Crippen molar-refractivity contribution in [2.24, 2.45) is 0 Å². The van der Waals surface area contributed by atoms with Gasteiger partial charge in [0.1, 0.15) is 17.7 Å². The van der Waals surface area contributed by atoms with Gasteiger partial charge < -0.3 is 21.1 Å². The fraction of sp³-hybridized carbons (Fsp3) is 0.364. The molecule has 10 nitrogen and oxygen atoms in total. The average molecular weight is 469 g/mol. The summed E-state index contributed by atoms with van der Waals surface area (Å²) in [4.78, 5) is 23.9. The first-order valence-electron chi connectivity index (χ1n) is 10.8. The van der Waals surface area contributed by atoms with Gasteiger partial charge in [0.25, 0.3) is 5.91 Å². The SMILES string of the molecule is CC(NC(=O)c1c(N)nn2cccnc12)c1cc(Cl)c2cncn2c1N1CCC(C)(O)CC1. The summed E-state index contributed by atoms with van der Waals surface area (Å²) in [6, 6.07) is 3.18. The van der Waals surface area contributed by atoms with Gasteiger partial charge in [0, 0.05) is 31.0 Å². The molecule has 4 aromatic heterocycles. The highest BCUT2D eigenvalue weighted by atomic mass is 35.5. The lowest BCUT2D eigenvalue weighted by molar-refractivity contribution is 0.0349. The molecule has 4 aromatic rings. The zero-order valence-electron chi connectivity index (χ0n) is 18.4. The predicted octanol–water partition coefficient (Wildman–Crippen LogP) is 2.45. The summed E-state index contributed by atoms with van der Waals surface area (Å²) in [6.45, 7) is 5.09. The number of aliphatic hydroxyl groups is 1. The van der Waals surface area contributed by atoms with Gasteiger partial charge in [-0.1, -0.05) is 11.6 Å². The predicted molar refractivity (Wildman–Crippen MR) is 126 cm³/mol. The van der Waals surface area contributed by atoms with Crippen molar-refractivity contribution in [3.05, 3.63) is 53.2 Å². The van der Waals surface area contributed by atoms with Crippen molar-refractivity contribution < 1.29 is 9.90 Å².